The smallest absolute Gasteiger partial charge is 0.260 e. The Morgan fingerprint density at radius 1 is 1.06 bits per heavy atom. The second kappa shape index (κ2) is 11.1. The van der Waals surface area contributed by atoms with Crippen LogP contribution < -0.4 is 4.90 Å². The Bertz CT molecular complexity index is 1190. The highest BCUT2D eigenvalue weighted by atomic mass is 35.5. The molecule has 0 spiro atoms. The van der Waals surface area contributed by atoms with E-state index in [1.807, 2.05) is 43.3 Å². The van der Waals surface area contributed by atoms with Gasteiger partial charge in [0.15, 0.2) is 5.13 Å². The Morgan fingerprint density at radius 2 is 1.71 bits per heavy atom. The highest BCUT2D eigenvalue weighted by Gasteiger charge is 2.28. The van der Waals surface area contributed by atoms with Crippen molar-refractivity contribution in [1.82, 2.24) is 14.2 Å². The SMILES string of the molecule is CC1CCN(S(=O)(=O)c2ccc(C(=O)N(CCN(C)C)c3nc4ccccc4s3)cc2)CC1.Cl. The lowest BCUT2D eigenvalue weighted by Gasteiger charge is -2.29. The van der Waals surface area contributed by atoms with Gasteiger partial charge in [0.25, 0.3) is 5.91 Å². The molecular weight excluding hydrogens is 492 g/mol. The van der Waals surface area contributed by atoms with Gasteiger partial charge in [0.2, 0.25) is 10.0 Å². The molecule has 0 aliphatic carbocycles. The Morgan fingerprint density at radius 3 is 2.32 bits per heavy atom. The summed E-state index contributed by atoms with van der Waals surface area (Å²) in [6.07, 6.45) is 1.75. The molecule has 1 fully saturated rings. The number of thiazole rings is 1. The van der Waals surface area contributed by atoms with Crippen LogP contribution in [0.3, 0.4) is 0 Å². The van der Waals surface area contributed by atoms with Crippen molar-refractivity contribution in [3.05, 3.63) is 54.1 Å². The Balaban J connectivity index is 0.00000324. The highest BCUT2D eigenvalue weighted by molar-refractivity contribution is 7.89. The number of hydrogen-bond donors (Lipinski definition) is 0. The summed E-state index contributed by atoms with van der Waals surface area (Å²) in [6, 6.07) is 14.1. The van der Waals surface area contributed by atoms with Gasteiger partial charge in [0.1, 0.15) is 0 Å². The molecule has 4 rings (SSSR count). The van der Waals surface area contributed by atoms with E-state index in [4.69, 9.17) is 0 Å². The lowest BCUT2D eigenvalue weighted by molar-refractivity contribution is 0.0985. The number of likely N-dealkylation sites (N-methyl/N-ethyl adjacent to an activating group) is 1. The first-order valence-corrected chi connectivity index (χ1v) is 13.4. The van der Waals surface area contributed by atoms with Gasteiger partial charge < -0.3 is 4.90 Å². The summed E-state index contributed by atoms with van der Waals surface area (Å²) in [5.74, 6) is 0.360. The van der Waals surface area contributed by atoms with Crippen molar-refractivity contribution in [2.24, 2.45) is 5.92 Å². The van der Waals surface area contributed by atoms with Gasteiger partial charge in [-0.05, 0) is 69.3 Å². The van der Waals surface area contributed by atoms with Crippen LogP contribution in [0.25, 0.3) is 10.2 Å². The van der Waals surface area contributed by atoms with E-state index >= 15 is 0 Å². The molecule has 1 aliphatic heterocycles. The molecule has 0 radical (unpaired) electrons. The number of rotatable bonds is 7. The number of hydrogen-bond acceptors (Lipinski definition) is 6. The summed E-state index contributed by atoms with van der Waals surface area (Å²) in [6.45, 7) is 4.40. The van der Waals surface area contributed by atoms with Gasteiger partial charge >= 0.3 is 0 Å². The van der Waals surface area contributed by atoms with E-state index in [2.05, 4.69) is 11.9 Å². The van der Waals surface area contributed by atoms with Crippen molar-refractivity contribution < 1.29 is 13.2 Å². The van der Waals surface area contributed by atoms with Crippen molar-refractivity contribution in [1.29, 1.82) is 0 Å². The molecule has 10 heteroatoms. The lowest BCUT2D eigenvalue weighted by Crippen LogP contribution is -2.38. The van der Waals surface area contributed by atoms with Crippen molar-refractivity contribution in [3.63, 3.8) is 0 Å². The average molecular weight is 523 g/mol. The van der Waals surface area contributed by atoms with Crippen molar-refractivity contribution >= 4 is 55.0 Å². The molecule has 0 atom stereocenters. The topological polar surface area (TPSA) is 73.8 Å². The van der Waals surface area contributed by atoms with E-state index in [0.717, 1.165) is 23.1 Å². The molecule has 0 unspecified atom stereocenters. The van der Waals surface area contributed by atoms with Crippen LogP contribution in [0.4, 0.5) is 5.13 Å². The maximum Gasteiger partial charge on any atom is 0.260 e. The zero-order chi connectivity index (χ0) is 23.6. The van der Waals surface area contributed by atoms with Crippen LogP contribution >= 0.6 is 23.7 Å². The van der Waals surface area contributed by atoms with Gasteiger partial charge in [-0.25, -0.2) is 13.4 Å². The number of piperidine rings is 1. The number of benzene rings is 2. The number of fused-ring (bicyclic) bond motifs is 1. The van der Waals surface area contributed by atoms with Gasteiger partial charge in [0, 0.05) is 31.7 Å². The fourth-order valence-corrected chi connectivity index (χ4v) is 6.32. The molecule has 3 aromatic rings. The summed E-state index contributed by atoms with van der Waals surface area (Å²) in [7, 11) is 0.373. The standard InChI is InChI=1S/C24H30N4O3S2.ClH/c1-18-12-14-27(15-13-18)33(30,31)20-10-8-19(9-11-20)23(29)28(17-16-26(2)3)24-25-21-6-4-5-7-22(21)32-24;/h4-11,18H,12-17H2,1-3H3;1H. The highest BCUT2D eigenvalue weighted by Crippen LogP contribution is 2.30. The number of nitrogens with zero attached hydrogens (tertiary/aromatic N) is 4. The number of carbonyl (C=O) groups is 1. The number of aromatic nitrogens is 1. The summed E-state index contributed by atoms with van der Waals surface area (Å²) >= 11 is 1.48. The Hall–Kier alpha value is -2.04. The molecule has 0 N–H and O–H groups in total. The molecule has 1 saturated heterocycles. The molecule has 184 valence electrons. The fourth-order valence-electron chi connectivity index (χ4n) is 3.86. The van der Waals surface area contributed by atoms with Crippen molar-refractivity contribution in [2.45, 2.75) is 24.7 Å². The van der Waals surface area contributed by atoms with Crippen molar-refractivity contribution in [2.75, 3.05) is 45.2 Å². The Labute approximate surface area is 211 Å². The third-order valence-corrected chi connectivity index (χ3v) is 8.98. The van der Waals surface area contributed by atoms with Crippen LogP contribution in [0.2, 0.25) is 0 Å². The second-order valence-corrected chi connectivity index (χ2v) is 11.8. The number of halogens is 1. The van der Waals surface area contributed by atoms with Crippen LogP contribution in [0.1, 0.15) is 30.1 Å². The first-order valence-electron chi connectivity index (χ1n) is 11.2. The number of anilines is 1. The zero-order valence-electron chi connectivity index (χ0n) is 19.7. The number of carbonyl (C=O) groups excluding carboxylic acids is 1. The molecule has 0 saturated carbocycles. The molecule has 1 aliphatic rings. The van der Waals surface area contributed by atoms with E-state index in [0.29, 0.717) is 42.8 Å². The van der Waals surface area contributed by atoms with Gasteiger partial charge in [-0.15, -0.1) is 12.4 Å². The normalized spacial score (nSPS) is 15.4. The van der Waals surface area contributed by atoms with E-state index in [9.17, 15) is 13.2 Å². The van der Waals surface area contributed by atoms with Gasteiger partial charge in [-0.2, -0.15) is 4.31 Å². The third kappa shape index (κ3) is 5.78. The van der Waals surface area contributed by atoms with E-state index in [-0.39, 0.29) is 23.2 Å². The monoisotopic (exact) mass is 522 g/mol. The minimum Gasteiger partial charge on any atom is -0.308 e. The molecular formula is C24H31ClN4O3S2. The van der Waals surface area contributed by atoms with Crippen LogP contribution in [0.15, 0.2) is 53.4 Å². The number of amides is 1. The molecule has 1 aromatic heterocycles. The predicted molar refractivity (Wildman–Crippen MR) is 141 cm³/mol. The zero-order valence-corrected chi connectivity index (χ0v) is 22.1. The summed E-state index contributed by atoms with van der Waals surface area (Å²) in [5, 5.41) is 0.641. The van der Waals surface area contributed by atoms with Crippen LogP contribution in [-0.2, 0) is 10.0 Å². The van der Waals surface area contributed by atoms with E-state index < -0.39 is 10.0 Å². The Kier molecular flexibility index (Phi) is 8.70. The molecule has 2 heterocycles. The predicted octanol–water partition coefficient (Wildman–Crippen LogP) is 4.35. The summed E-state index contributed by atoms with van der Waals surface area (Å²) < 4.78 is 28.6. The first-order chi connectivity index (χ1) is 15.8. The number of sulfonamides is 1. The van der Waals surface area contributed by atoms with E-state index in [1.165, 1.54) is 11.3 Å². The van der Waals surface area contributed by atoms with Gasteiger partial charge in [-0.1, -0.05) is 30.4 Å². The largest absolute Gasteiger partial charge is 0.308 e. The van der Waals surface area contributed by atoms with Crippen LogP contribution in [-0.4, -0.2) is 68.8 Å². The number of para-hydroxylation sites is 1. The fraction of sp³-hybridized carbons (Fsp3) is 0.417. The van der Waals surface area contributed by atoms with Gasteiger partial charge in [0.05, 0.1) is 15.1 Å². The molecule has 1 amide bonds. The van der Waals surface area contributed by atoms with Crippen molar-refractivity contribution in [3.8, 4) is 0 Å². The third-order valence-electron chi connectivity index (χ3n) is 6.01. The van der Waals surface area contributed by atoms with Crippen LogP contribution in [0.5, 0.6) is 0 Å². The maximum absolute atomic E-state index is 13.4. The van der Waals surface area contributed by atoms with Crippen LogP contribution in [0, 0.1) is 5.92 Å². The molecule has 7 nitrogen and oxygen atoms in total. The molecule has 34 heavy (non-hydrogen) atoms. The molecule has 2 aromatic carbocycles. The minimum absolute atomic E-state index is 0. The summed E-state index contributed by atoms with van der Waals surface area (Å²) in [5.41, 5.74) is 1.30. The maximum atomic E-state index is 13.4. The van der Waals surface area contributed by atoms with E-state index in [1.54, 1.807) is 33.5 Å². The average Bonchev–Trinajstić information content (AvgIpc) is 3.23. The van der Waals surface area contributed by atoms with Gasteiger partial charge in [-0.3, -0.25) is 9.69 Å². The first kappa shape index (κ1) is 26.6. The minimum atomic E-state index is -3.55. The molecule has 0 bridgehead atoms. The lowest BCUT2D eigenvalue weighted by atomic mass is 10.0. The second-order valence-electron chi connectivity index (χ2n) is 8.84. The quantitative estimate of drug-likeness (QED) is 0.461. The summed E-state index contributed by atoms with van der Waals surface area (Å²) in [4.78, 5) is 22.0.